The predicted octanol–water partition coefficient (Wildman–Crippen LogP) is -0.159. The second-order valence-electron chi connectivity index (χ2n) is 4.30. The van der Waals surface area contributed by atoms with Crippen LogP contribution in [0.4, 0.5) is 0 Å². The lowest BCUT2D eigenvalue weighted by molar-refractivity contribution is -0.132. The summed E-state index contributed by atoms with van der Waals surface area (Å²) in [6.07, 6.45) is 3.00. The van der Waals surface area contributed by atoms with Crippen molar-refractivity contribution in [2.24, 2.45) is 5.73 Å². The van der Waals surface area contributed by atoms with Crippen LogP contribution in [-0.2, 0) is 16.1 Å². The fourth-order valence-corrected chi connectivity index (χ4v) is 1.92. The van der Waals surface area contributed by atoms with Crippen molar-refractivity contribution in [1.82, 2.24) is 15.5 Å². The number of nitrogens with zero attached hydrogens (tertiary/aromatic N) is 1. The summed E-state index contributed by atoms with van der Waals surface area (Å²) >= 11 is 0. The van der Waals surface area contributed by atoms with Gasteiger partial charge in [0.1, 0.15) is 6.10 Å². The van der Waals surface area contributed by atoms with E-state index in [0.717, 1.165) is 24.1 Å². The van der Waals surface area contributed by atoms with Gasteiger partial charge in [0.25, 0.3) is 0 Å². The first-order valence-corrected chi connectivity index (χ1v) is 5.82. The Labute approximate surface area is 99.9 Å². The molecular weight excluding hydrogens is 220 g/mol. The molecule has 1 aliphatic heterocycles. The molecule has 1 aromatic heterocycles. The number of aromatic nitrogens is 2. The van der Waals surface area contributed by atoms with Crippen molar-refractivity contribution in [2.75, 3.05) is 6.54 Å². The van der Waals surface area contributed by atoms with E-state index in [0.29, 0.717) is 13.1 Å². The highest BCUT2D eigenvalue weighted by Gasteiger charge is 2.29. The minimum atomic E-state index is -0.351. The smallest absolute Gasteiger partial charge is 0.249 e. The first-order valence-electron chi connectivity index (χ1n) is 5.82. The summed E-state index contributed by atoms with van der Waals surface area (Å²) in [6, 6.07) is 0. The maximum atomic E-state index is 11.8. The molecule has 2 atom stereocenters. The van der Waals surface area contributed by atoms with E-state index in [2.05, 4.69) is 15.5 Å². The maximum Gasteiger partial charge on any atom is 0.249 e. The molecule has 2 rings (SSSR count). The molecule has 0 aliphatic carbocycles. The van der Waals surface area contributed by atoms with E-state index in [1.165, 1.54) is 0 Å². The first-order chi connectivity index (χ1) is 8.20. The lowest BCUT2D eigenvalue weighted by atomic mass is 10.2. The summed E-state index contributed by atoms with van der Waals surface area (Å²) in [5.41, 5.74) is 7.46. The van der Waals surface area contributed by atoms with Crippen LogP contribution >= 0.6 is 0 Å². The van der Waals surface area contributed by atoms with Crippen molar-refractivity contribution < 1.29 is 9.53 Å². The number of nitrogens with one attached hydrogen (secondary N) is 2. The third-order valence-electron chi connectivity index (χ3n) is 3.05. The van der Waals surface area contributed by atoms with Gasteiger partial charge in [-0.1, -0.05) is 0 Å². The fraction of sp³-hybridized carbons (Fsp3) is 0.636. The molecule has 1 aliphatic rings. The summed E-state index contributed by atoms with van der Waals surface area (Å²) < 4.78 is 5.51. The highest BCUT2D eigenvalue weighted by molar-refractivity contribution is 5.81. The number of carbonyl (C=O) groups is 1. The molecule has 2 unspecified atom stereocenters. The normalized spacial score (nSPS) is 23.9. The van der Waals surface area contributed by atoms with Crippen LogP contribution in [0, 0.1) is 6.92 Å². The molecule has 2 heterocycles. The molecule has 1 saturated heterocycles. The van der Waals surface area contributed by atoms with E-state index in [1.807, 2.05) is 6.92 Å². The minimum absolute atomic E-state index is 0.0291. The van der Waals surface area contributed by atoms with Crippen molar-refractivity contribution in [1.29, 1.82) is 0 Å². The van der Waals surface area contributed by atoms with Crippen molar-refractivity contribution in [3.05, 3.63) is 17.5 Å². The zero-order valence-corrected chi connectivity index (χ0v) is 9.90. The van der Waals surface area contributed by atoms with Crippen LogP contribution in [-0.4, -0.2) is 34.9 Å². The van der Waals surface area contributed by atoms with Gasteiger partial charge in [-0.25, -0.2) is 0 Å². The van der Waals surface area contributed by atoms with Crippen molar-refractivity contribution in [3.8, 4) is 0 Å². The van der Waals surface area contributed by atoms with Crippen LogP contribution in [0.15, 0.2) is 6.20 Å². The Kier molecular flexibility index (Phi) is 3.75. The number of ether oxygens (including phenoxy) is 1. The molecule has 0 saturated carbocycles. The monoisotopic (exact) mass is 238 g/mol. The summed E-state index contributed by atoms with van der Waals surface area (Å²) in [7, 11) is 0. The minimum Gasteiger partial charge on any atom is -0.364 e. The molecular formula is C11H18N4O2. The van der Waals surface area contributed by atoms with Gasteiger partial charge in [0.15, 0.2) is 0 Å². The number of amides is 1. The van der Waals surface area contributed by atoms with E-state index in [4.69, 9.17) is 10.5 Å². The molecule has 6 nitrogen and oxygen atoms in total. The maximum absolute atomic E-state index is 11.8. The number of carbonyl (C=O) groups excluding carboxylic acids is 1. The summed E-state index contributed by atoms with van der Waals surface area (Å²) in [6.45, 7) is 2.88. The third kappa shape index (κ3) is 2.83. The van der Waals surface area contributed by atoms with Crippen molar-refractivity contribution in [2.45, 2.75) is 38.5 Å². The predicted molar refractivity (Wildman–Crippen MR) is 62.1 cm³/mol. The second kappa shape index (κ2) is 5.29. The quantitative estimate of drug-likeness (QED) is 0.679. The Morgan fingerprint density at radius 2 is 2.53 bits per heavy atom. The zero-order valence-electron chi connectivity index (χ0n) is 9.90. The average Bonchev–Trinajstić information content (AvgIpc) is 2.94. The van der Waals surface area contributed by atoms with Gasteiger partial charge in [-0.3, -0.25) is 9.89 Å². The highest BCUT2D eigenvalue weighted by atomic mass is 16.5. The van der Waals surface area contributed by atoms with Gasteiger partial charge in [-0.2, -0.15) is 5.10 Å². The van der Waals surface area contributed by atoms with Gasteiger partial charge >= 0.3 is 0 Å². The van der Waals surface area contributed by atoms with E-state index in [-0.39, 0.29) is 18.1 Å². The zero-order chi connectivity index (χ0) is 12.3. The third-order valence-corrected chi connectivity index (χ3v) is 3.05. The Hall–Kier alpha value is -1.40. The lowest BCUT2D eigenvalue weighted by Crippen LogP contribution is -2.35. The van der Waals surface area contributed by atoms with Crippen LogP contribution < -0.4 is 11.1 Å². The Morgan fingerprint density at radius 1 is 1.71 bits per heavy atom. The molecule has 94 valence electrons. The molecule has 1 amide bonds. The molecule has 4 N–H and O–H groups in total. The molecule has 1 fully saturated rings. The van der Waals surface area contributed by atoms with Gasteiger partial charge in [0.2, 0.25) is 5.91 Å². The highest BCUT2D eigenvalue weighted by Crippen LogP contribution is 2.18. The molecule has 6 heteroatoms. The van der Waals surface area contributed by atoms with Gasteiger partial charge in [-0.15, -0.1) is 0 Å². The van der Waals surface area contributed by atoms with Gasteiger partial charge in [0, 0.05) is 24.3 Å². The number of aromatic amines is 1. The molecule has 0 spiro atoms. The van der Waals surface area contributed by atoms with Crippen molar-refractivity contribution >= 4 is 5.91 Å². The fourth-order valence-electron chi connectivity index (χ4n) is 1.92. The number of hydrogen-bond acceptors (Lipinski definition) is 4. The van der Waals surface area contributed by atoms with E-state index >= 15 is 0 Å². The number of rotatable bonds is 4. The Balaban J connectivity index is 1.80. The van der Waals surface area contributed by atoms with Gasteiger partial charge < -0.3 is 15.8 Å². The van der Waals surface area contributed by atoms with Gasteiger partial charge in [-0.05, 0) is 19.8 Å². The number of hydrogen-bond donors (Lipinski definition) is 3. The van der Waals surface area contributed by atoms with Crippen LogP contribution in [0.25, 0.3) is 0 Å². The summed E-state index contributed by atoms with van der Waals surface area (Å²) in [5, 5.41) is 9.58. The Bertz CT molecular complexity index is 391. The van der Waals surface area contributed by atoms with Gasteiger partial charge in [0.05, 0.1) is 12.3 Å². The SMILES string of the molecule is Cc1[nH]ncc1CNC(=O)C1CCC(CN)O1. The van der Waals surface area contributed by atoms with E-state index in [1.54, 1.807) is 6.20 Å². The van der Waals surface area contributed by atoms with Crippen LogP contribution in [0.5, 0.6) is 0 Å². The number of H-pyrrole nitrogens is 1. The standard InChI is InChI=1S/C11H18N4O2/c1-7-8(6-14-15-7)5-13-11(16)10-3-2-9(4-12)17-10/h6,9-10H,2-5,12H2,1H3,(H,13,16)(H,14,15). The average molecular weight is 238 g/mol. The number of aryl methyl sites for hydroxylation is 1. The molecule has 0 aromatic carbocycles. The topological polar surface area (TPSA) is 93.0 Å². The first kappa shape index (κ1) is 12.1. The lowest BCUT2D eigenvalue weighted by Gasteiger charge is -2.12. The van der Waals surface area contributed by atoms with E-state index in [9.17, 15) is 4.79 Å². The summed E-state index contributed by atoms with van der Waals surface area (Å²) in [5.74, 6) is -0.0680. The number of nitrogens with two attached hydrogens (primary N) is 1. The molecule has 0 bridgehead atoms. The largest absolute Gasteiger partial charge is 0.364 e. The van der Waals surface area contributed by atoms with Crippen LogP contribution in [0.3, 0.4) is 0 Å². The second-order valence-corrected chi connectivity index (χ2v) is 4.30. The molecule has 17 heavy (non-hydrogen) atoms. The summed E-state index contributed by atoms with van der Waals surface area (Å²) in [4.78, 5) is 11.8. The van der Waals surface area contributed by atoms with Crippen molar-refractivity contribution in [3.63, 3.8) is 0 Å². The Morgan fingerprint density at radius 3 is 3.12 bits per heavy atom. The molecule has 1 aromatic rings. The van der Waals surface area contributed by atoms with Crippen LogP contribution in [0.2, 0.25) is 0 Å². The van der Waals surface area contributed by atoms with Crippen LogP contribution in [0.1, 0.15) is 24.1 Å². The molecule has 0 radical (unpaired) electrons. The van der Waals surface area contributed by atoms with E-state index < -0.39 is 0 Å².